The van der Waals surface area contributed by atoms with Crippen LogP contribution in [0.2, 0.25) is 0 Å². The van der Waals surface area contributed by atoms with Crippen LogP contribution in [-0.2, 0) is 16.0 Å². The Labute approximate surface area is 172 Å². The molecule has 2 aromatic carbocycles. The van der Waals surface area contributed by atoms with E-state index in [4.69, 9.17) is 5.73 Å². The van der Waals surface area contributed by atoms with Crippen LogP contribution >= 0.6 is 0 Å². The number of anilines is 2. The molecule has 0 saturated heterocycles. The average Bonchev–Trinajstić information content (AvgIpc) is 2.67. The van der Waals surface area contributed by atoms with Gasteiger partial charge < -0.3 is 11.1 Å². The SMILES string of the molecule is CC(C)NN(C(=O)Cc1ccc(/C=C/C(=O)Nc2ccccc2N)cc1)C(C)C. The zero-order valence-corrected chi connectivity index (χ0v) is 17.5. The number of hydrazine groups is 1. The Morgan fingerprint density at radius 1 is 1.03 bits per heavy atom. The molecule has 2 rings (SSSR count). The lowest BCUT2D eigenvalue weighted by atomic mass is 10.1. The van der Waals surface area contributed by atoms with Crippen molar-refractivity contribution >= 4 is 29.3 Å². The molecule has 0 aromatic heterocycles. The van der Waals surface area contributed by atoms with E-state index in [0.717, 1.165) is 11.1 Å². The maximum absolute atomic E-state index is 12.6. The number of amides is 2. The number of nitrogen functional groups attached to an aromatic ring is 1. The van der Waals surface area contributed by atoms with Gasteiger partial charge in [-0.15, -0.1) is 0 Å². The third-order valence-corrected chi connectivity index (χ3v) is 4.16. The standard InChI is InChI=1S/C23H30N4O2/c1-16(2)26-27(17(3)4)23(29)15-19-11-9-18(10-12-19)13-14-22(28)25-21-8-6-5-7-20(21)24/h5-14,16-17,26H,15,24H2,1-4H3,(H,25,28)/b14-13+. The smallest absolute Gasteiger partial charge is 0.248 e. The third-order valence-electron chi connectivity index (χ3n) is 4.16. The third kappa shape index (κ3) is 7.08. The maximum Gasteiger partial charge on any atom is 0.248 e. The highest BCUT2D eigenvalue weighted by Gasteiger charge is 2.17. The minimum Gasteiger partial charge on any atom is -0.397 e. The number of nitrogens with two attached hydrogens (primary N) is 1. The first-order valence-corrected chi connectivity index (χ1v) is 9.77. The summed E-state index contributed by atoms with van der Waals surface area (Å²) in [4.78, 5) is 24.6. The molecule has 0 atom stereocenters. The lowest BCUT2D eigenvalue weighted by Gasteiger charge is -2.29. The normalized spacial score (nSPS) is 11.2. The van der Waals surface area contributed by atoms with E-state index in [2.05, 4.69) is 10.7 Å². The van der Waals surface area contributed by atoms with Crippen LogP contribution < -0.4 is 16.5 Å². The molecular formula is C23H30N4O2. The van der Waals surface area contributed by atoms with Crippen LogP contribution in [0.1, 0.15) is 38.8 Å². The zero-order chi connectivity index (χ0) is 21.4. The largest absolute Gasteiger partial charge is 0.397 e. The predicted molar refractivity (Wildman–Crippen MR) is 119 cm³/mol. The van der Waals surface area contributed by atoms with Gasteiger partial charge in [-0.1, -0.05) is 36.4 Å². The number of nitrogens with zero attached hydrogens (tertiary/aromatic N) is 1. The number of para-hydroxylation sites is 2. The Bertz CT molecular complexity index is 857. The van der Waals surface area contributed by atoms with Crippen molar-refractivity contribution in [3.63, 3.8) is 0 Å². The van der Waals surface area contributed by atoms with Crippen molar-refractivity contribution in [3.05, 3.63) is 65.7 Å². The van der Waals surface area contributed by atoms with Gasteiger partial charge in [0, 0.05) is 18.2 Å². The fourth-order valence-electron chi connectivity index (χ4n) is 2.75. The topological polar surface area (TPSA) is 87.5 Å². The summed E-state index contributed by atoms with van der Waals surface area (Å²) in [5.41, 5.74) is 11.9. The monoisotopic (exact) mass is 394 g/mol. The molecule has 0 unspecified atom stereocenters. The van der Waals surface area contributed by atoms with E-state index in [-0.39, 0.29) is 23.9 Å². The van der Waals surface area contributed by atoms with E-state index in [1.165, 1.54) is 6.08 Å². The summed E-state index contributed by atoms with van der Waals surface area (Å²) in [7, 11) is 0. The second-order valence-corrected chi connectivity index (χ2v) is 7.47. The highest BCUT2D eigenvalue weighted by Crippen LogP contribution is 2.16. The summed E-state index contributed by atoms with van der Waals surface area (Å²) in [5.74, 6) is -0.230. The highest BCUT2D eigenvalue weighted by atomic mass is 16.2. The van der Waals surface area contributed by atoms with Gasteiger partial charge >= 0.3 is 0 Å². The first-order chi connectivity index (χ1) is 13.8. The van der Waals surface area contributed by atoms with Crippen LogP contribution in [0.4, 0.5) is 11.4 Å². The summed E-state index contributed by atoms with van der Waals surface area (Å²) in [6.07, 6.45) is 3.50. The molecule has 2 aromatic rings. The van der Waals surface area contributed by atoms with E-state index in [1.807, 2.05) is 64.1 Å². The number of hydrogen-bond acceptors (Lipinski definition) is 4. The van der Waals surface area contributed by atoms with Gasteiger partial charge in [-0.2, -0.15) is 0 Å². The summed E-state index contributed by atoms with van der Waals surface area (Å²) < 4.78 is 0. The first kappa shape index (κ1) is 22.2. The minimum atomic E-state index is -0.255. The fourth-order valence-corrected chi connectivity index (χ4v) is 2.75. The van der Waals surface area contributed by atoms with Gasteiger partial charge in [-0.25, -0.2) is 5.43 Å². The molecule has 0 aliphatic carbocycles. The minimum absolute atomic E-state index is 0.0248. The van der Waals surface area contributed by atoms with Crippen LogP contribution in [0.3, 0.4) is 0 Å². The summed E-state index contributed by atoms with van der Waals surface area (Å²) in [6.45, 7) is 7.97. The zero-order valence-electron chi connectivity index (χ0n) is 17.5. The van der Waals surface area contributed by atoms with Crippen LogP contribution in [-0.4, -0.2) is 28.9 Å². The second-order valence-electron chi connectivity index (χ2n) is 7.47. The highest BCUT2D eigenvalue weighted by molar-refractivity contribution is 6.03. The molecule has 0 fully saturated rings. The molecule has 0 aliphatic heterocycles. The lowest BCUT2D eigenvalue weighted by Crippen LogP contribution is -2.50. The molecule has 0 heterocycles. The van der Waals surface area contributed by atoms with E-state index in [9.17, 15) is 9.59 Å². The van der Waals surface area contributed by atoms with Crippen molar-refractivity contribution in [1.29, 1.82) is 0 Å². The van der Waals surface area contributed by atoms with Crippen molar-refractivity contribution in [2.24, 2.45) is 0 Å². The number of carbonyl (C=O) groups is 2. The lowest BCUT2D eigenvalue weighted by molar-refractivity contribution is -0.136. The van der Waals surface area contributed by atoms with E-state index in [1.54, 1.807) is 23.2 Å². The van der Waals surface area contributed by atoms with Gasteiger partial charge in [0.2, 0.25) is 11.8 Å². The van der Waals surface area contributed by atoms with Crippen molar-refractivity contribution in [3.8, 4) is 0 Å². The van der Waals surface area contributed by atoms with Crippen molar-refractivity contribution in [1.82, 2.24) is 10.4 Å². The van der Waals surface area contributed by atoms with E-state index >= 15 is 0 Å². The molecule has 0 bridgehead atoms. The molecule has 0 radical (unpaired) electrons. The molecule has 6 heteroatoms. The summed E-state index contributed by atoms with van der Waals surface area (Å²) >= 11 is 0. The molecule has 29 heavy (non-hydrogen) atoms. The molecule has 0 saturated carbocycles. The van der Waals surface area contributed by atoms with Crippen LogP contribution in [0.25, 0.3) is 6.08 Å². The predicted octanol–water partition coefficient (Wildman–Crippen LogP) is 3.61. The Hall–Kier alpha value is -3.12. The Kier molecular flexibility index (Phi) is 7.98. The Morgan fingerprint density at radius 2 is 1.69 bits per heavy atom. The molecule has 4 N–H and O–H groups in total. The number of carbonyl (C=O) groups excluding carboxylic acids is 2. The quantitative estimate of drug-likeness (QED) is 0.363. The molecule has 154 valence electrons. The van der Waals surface area contributed by atoms with E-state index in [0.29, 0.717) is 17.8 Å². The Balaban J connectivity index is 1.95. The molecule has 2 amide bonds. The summed E-state index contributed by atoms with van der Waals surface area (Å²) in [5, 5.41) is 4.43. The fraction of sp³-hybridized carbons (Fsp3) is 0.304. The number of hydrogen-bond donors (Lipinski definition) is 3. The molecule has 0 spiro atoms. The van der Waals surface area contributed by atoms with Crippen molar-refractivity contribution in [2.75, 3.05) is 11.1 Å². The van der Waals surface area contributed by atoms with E-state index < -0.39 is 0 Å². The van der Waals surface area contributed by atoms with Crippen molar-refractivity contribution < 1.29 is 9.59 Å². The van der Waals surface area contributed by atoms with Crippen LogP contribution in [0.5, 0.6) is 0 Å². The van der Waals surface area contributed by atoms with Gasteiger partial charge in [0.15, 0.2) is 0 Å². The van der Waals surface area contributed by atoms with Gasteiger partial charge in [0.1, 0.15) is 0 Å². The summed E-state index contributed by atoms with van der Waals surface area (Å²) in [6, 6.07) is 14.9. The number of rotatable bonds is 8. The Morgan fingerprint density at radius 3 is 2.28 bits per heavy atom. The van der Waals surface area contributed by atoms with Gasteiger partial charge in [0.05, 0.1) is 17.8 Å². The van der Waals surface area contributed by atoms with Gasteiger partial charge in [-0.3, -0.25) is 14.6 Å². The maximum atomic E-state index is 12.6. The molecule has 6 nitrogen and oxygen atoms in total. The first-order valence-electron chi connectivity index (χ1n) is 9.77. The van der Waals surface area contributed by atoms with Gasteiger partial charge in [-0.05, 0) is 57.0 Å². The van der Waals surface area contributed by atoms with Crippen molar-refractivity contribution in [2.45, 2.75) is 46.2 Å². The molecular weight excluding hydrogens is 364 g/mol. The number of nitrogens with one attached hydrogen (secondary N) is 2. The molecule has 0 aliphatic rings. The van der Waals surface area contributed by atoms with Crippen LogP contribution in [0, 0.1) is 0 Å². The number of benzene rings is 2. The second kappa shape index (κ2) is 10.4. The van der Waals surface area contributed by atoms with Gasteiger partial charge in [0.25, 0.3) is 0 Å². The average molecular weight is 395 g/mol. The van der Waals surface area contributed by atoms with Crippen LogP contribution in [0.15, 0.2) is 54.6 Å².